The monoisotopic (exact) mass is 349 g/mol. The van der Waals surface area contributed by atoms with Crippen LogP contribution < -0.4 is 4.74 Å². The van der Waals surface area contributed by atoms with Gasteiger partial charge < -0.3 is 9.72 Å². The molecule has 0 aliphatic heterocycles. The third-order valence-electron chi connectivity index (χ3n) is 4.70. The van der Waals surface area contributed by atoms with E-state index < -0.39 is 0 Å². The summed E-state index contributed by atoms with van der Waals surface area (Å²) >= 11 is 1.71. The highest BCUT2D eigenvalue weighted by molar-refractivity contribution is 7.18. The highest BCUT2D eigenvalue weighted by Crippen LogP contribution is 2.39. The number of nitrogens with one attached hydrogen (secondary N) is 1. The Morgan fingerprint density at radius 1 is 1.24 bits per heavy atom. The van der Waals surface area contributed by atoms with E-state index in [-0.39, 0.29) is 12.4 Å². The summed E-state index contributed by atoms with van der Waals surface area (Å²) in [6.45, 7) is -0.0292. The van der Waals surface area contributed by atoms with Crippen molar-refractivity contribution in [1.82, 2.24) is 15.0 Å². The van der Waals surface area contributed by atoms with Crippen LogP contribution in [0.15, 0.2) is 36.8 Å². The Balaban J connectivity index is 1.45. The number of aromatic amines is 1. The highest BCUT2D eigenvalue weighted by atomic mass is 32.1. The zero-order valence-corrected chi connectivity index (χ0v) is 14.2. The average Bonchev–Trinajstić information content (AvgIpc) is 3.33. The number of nitrogens with zero attached hydrogens (tertiary/aromatic N) is 2. The number of carbonyl (C=O) groups excluding carboxylic acids is 1. The van der Waals surface area contributed by atoms with Gasteiger partial charge in [-0.1, -0.05) is 18.2 Å². The first-order valence-corrected chi connectivity index (χ1v) is 9.10. The molecule has 0 unspecified atom stereocenters. The standard InChI is InChI=1S/C19H15N3O2S/c23-15(13-8-20-14-6-2-1-4-11(13)14)9-24-18-17-12-5-3-7-16(12)25-19(17)22-10-21-18/h1-2,4,6,8,10,20H,3,5,7,9H2. The predicted molar refractivity (Wildman–Crippen MR) is 97.6 cm³/mol. The minimum absolute atomic E-state index is 0.0292. The molecular formula is C19H15N3O2S. The Kier molecular flexibility index (Phi) is 3.31. The van der Waals surface area contributed by atoms with Gasteiger partial charge in [-0.25, -0.2) is 9.97 Å². The number of Topliss-reactive ketones (excluding diaryl/α,β-unsaturated/α-hetero) is 1. The Labute approximate surface area is 147 Å². The van der Waals surface area contributed by atoms with E-state index in [1.165, 1.54) is 23.2 Å². The maximum Gasteiger partial charge on any atom is 0.226 e. The molecule has 0 radical (unpaired) electrons. The largest absolute Gasteiger partial charge is 0.469 e. The van der Waals surface area contributed by atoms with E-state index in [2.05, 4.69) is 15.0 Å². The first-order chi connectivity index (χ1) is 12.3. The fourth-order valence-electron chi connectivity index (χ4n) is 3.52. The number of benzene rings is 1. The van der Waals surface area contributed by atoms with E-state index in [1.54, 1.807) is 17.5 Å². The van der Waals surface area contributed by atoms with Gasteiger partial charge in [0.15, 0.2) is 6.61 Å². The van der Waals surface area contributed by atoms with Gasteiger partial charge in [0.05, 0.1) is 5.39 Å². The fourth-order valence-corrected chi connectivity index (χ4v) is 4.74. The zero-order valence-electron chi connectivity index (χ0n) is 13.4. The molecule has 124 valence electrons. The summed E-state index contributed by atoms with van der Waals surface area (Å²) in [5, 5.41) is 1.91. The minimum atomic E-state index is -0.0592. The van der Waals surface area contributed by atoms with E-state index >= 15 is 0 Å². The van der Waals surface area contributed by atoms with E-state index in [4.69, 9.17) is 4.74 Å². The van der Waals surface area contributed by atoms with E-state index in [9.17, 15) is 4.79 Å². The SMILES string of the molecule is O=C(COc1ncnc2sc3c(c12)CCC3)c1c[nH]c2ccccc12. The second-order valence-electron chi connectivity index (χ2n) is 6.18. The Morgan fingerprint density at radius 2 is 2.16 bits per heavy atom. The second kappa shape index (κ2) is 5.67. The molecule has 1 N–H and O–H groups in total. The maximum atomic E-state index is 12.6. The molecule has 0 amide bonds. The van der Waals surface area contributed by atoms with Crippen molar-refractivity contribution in [2.75, 3.05) is 6.61 Å². The van der Waals surface area contributed by atoms with Gasteiger partial charge in [0.25, 0.3) is 0 Å². The molecule has 1 aliphatic rings. The normalized spacial score (nSPS) is 13.4. The van der Waals surface area contributed by atoms with Crippen molar-refractivity contribution in [3.8, 4) is 5.88 Å². The Bertz CT molecular complexity index is 1110. The van der Waals surface area contributed by atoms with Crippen LogP contribution in [-0.2, 0) is 12.8 Å². The number of ether oxygens (including phenoxy) is 1. The molecule has 0 atom stereocenters. The lowest BCUT2D eigenvalue weighted by molar-refractivity contribution is 0.0921. The number of ketones is 1. The number of hydrogen-bond donors (Lipinski definition) is 1. The van der Waals surface area contributed by atoms with Crippen LogP contribution in [0.25, 0.3) is 21.1 Å². The summed E-state index contributed by atoms with van der Waals surface area (Å²) in [4.78, 5) is 26.7. The molecule has 0 saturated heterocycles. The summed E-state index contributed by atoms with van der Waals surface area (Å²) in [6, 6.07) is 7.76. The third kappa shape index (κ3) is 2.33. The van der Waals surface area contributed by atoms with Crippen molar-refractivity contribution in [1.29, 1.82) is 0 Å². The van der Waals surface area contributed by atoms with Gasteiger partial charge in [0.1, 0.15) is 11.2 Å². The molecule has 1 aromatic carbocycles. The fraction of sp³-hybridized carbons (Fsp3) is 0.211. The first kappa shape index (κ1) is 14.6. The smallest absolute Gasteiger partial charge is 0.226 e. The number of rotatable bonds is 4. The molecule has 3 aromatic heterocycles. The first-order valence-electron chi connectivity index (χ1n) is 8.28. The lowest BCUT2D eigenvalue weighted by Crippen LogP contribution is -2.12. The quantitative estimate of drug-likeness (QED) is 0.567. The number of carbonyl (C=O) groups is 1. The average molecular weight is 349 g/mol. The van der Waals surface area contributed by atoms with Crippen LogP contribution >= 0.6 is 11.3 Å². The van der Waals surface area contributed by atoms with Crippen LogP contribution in [0.2, 0.25) is 0 Å². The number of aromatic nitrogens is 3. The van der Waals surface area contributed by atoms with Gasteiger partial charge in [-0.05, 0) is 30.9 Å². The molecule has 3 heterocycles. The van der Waals surface area contributed by atoms with Crippen LogP contribution in [0, 0.1) is 0 Å². The predicted octanol–water partition coefficient (Wildman–Crippen LogP) is 3.92. The molecule has 0 saturated carbocycles. The Morgan fingerprint density at radius 3 is 3.12 bits per heavy atom. The van der Waals surface area contributed by atoms with Gasteiger partial charge in [-0.15, -0.1) is 11.3 Å². The Hall–Kier alpha value is -2.73. The molecule has 1 aliphatic carbocycles. The molecule has 6 heteroatoms. The van der Waals surface area contributed by atoms with Gasteiger partial charge in [-0.2, -0.15) is 0 Å². The molecule has 5 rings (SSSR count). The molecule has 25 heavy (non-hydrogen) atoms. The van der Waals surface area contributed by atoms with Crippen molar-refractivity contribution < 1.29 is 9.53 Å². The van der Waals surface area contributed by atoms with Crippen LogP contribution in [-0.4, -0.2) is 27.3 Å². The summed E-state index contributed by atoms with van der Waals surface area (Å²) in [5.41, 5.74) is 2.90. The maximum absolute atomic E-state index is 12.6. The van der Waals surface area contributed by atoms with Gasteiger partial charge >= 0.3 is 0 Å². The van der Waals surface area contributed by atoms with E-state index in [0.29, 0.717) is 11.4 Å². The number of thiophene rings is 1. The third-order valence-corrected chi connectivity index (χ3v) is 5.90. The summed E-state index contributed by atoms with van der Waals surface area (Å²) < 4.78 is 5.83. The topological polar surface area (TPSA) is 67.9 Å². The molecular weight excluding hydrogens is 334 g/mol. The van der Waals surface area contributed by atoms with Crippen molar-refractivity contribution in [3.63, 3.8) is 0 Å². The molecule has 0 spiro atoms. The van der Waals surface area contributed by atoms with Gasteiger partial charge in [-0.3, -0.25) is 4.79 Å². The summed E-state index contributed by atoms with van der Waals surface area (Å²) in [7, 11) is 0. The van der Waals surface area contributed by atoms with Crippen LogP contribution in [0.5, 0.6) is 5.88 Å². The summed E-state index contributed by atoms with van der Waals surface area (Å²) in [6.07, 6.45) is 6.56. The lowest BCUT2D eigenvalue weighted by atomic mass is 10.1. The number of fused-ring (bicyclic) bond motifs is 4. The minimum Gasteiger partial charge on any atom is -0.469 e. The number of H-pyrrole nitrogens is 1. The van der Waals surface area contributed by atoms with Crippen molar-refractivity contribution in [2.45, 2.75) is 19.3 Å². The number of aryl methyl sites for hydroxylation is 2. The molecule has 5 nitrogen and oxygen atoms in total. The van der Waals surface area contributed by atoms with E-state index in [0.717, 1.165) is 34.0 Å². The van der Waals surface area contributed by atoms with Crippen LogP contribution in [0.1, 0.15) is 27.2 Å². The number of para-hydroxylation sites is 1. The molecule has 4 aromatic rings. The summed E-state index contributed by atoms with van der Waals surface area (Å²) in [5.74, 6) is 0.466. The van der Waals surface area contributed by atoms with Gasteiger partial charge in [0.2, 0.25) is 11.7 Å². The van der Waals surface area contributed by atoms with Crippen molar-refractivity contribution in [2.24, 2.45) is 0 Å². The molecule has 0 fully saturated rings. The number of hydrogen-bond acceptors (Lipinski definition) is 5. The van der Waals surface area contributed by atoms with Crippen LogP contribution in [0.3, 0.4) is 0 Å². The van der Waals surface area contributed by atoms with Crippen LogP contribution in [0.4, 0.5) is 0 Å². The van der Waals surface area contributed by atoms with E-state index in [1.807, 2.05) is 24.3 Å². The van der Waals surface area contributed by atoms with Crippen molar-refractivity contribution in [3.05, 3.63) is 52.8 Å². The van der Waals surface area contributed by atoms with Gasteiger partial charge in [0, 0.05) is 27.5 Å². The highest BCUT2D eigenvalue weighted by Gasteiger charge is 2.22. The molecule has 0 bridgehead atoms. The zero-order chi connectivity index (χ0) is 16.8. The van der Waals surface area contributed by atoms with Crippen molar-refractivity contribution >= 4 is 38.2 Å². The lowest BCUT2D eigenvalue weighted by Gasteiger charge is -2.06. The second-order valence-corrected chi connectivity index (χ2v) is 7.26.